The Morgan fingerprint density at radius 1 is 0.952 bits per heavy atom. The van der Waals surface area contributed by atoms with Crippen LogP contribution in [0.5, 0.6) is 0 Å². The number of carbonyl (C=O) groups excluding carboxylic acids is 1. The Labute approximate surface area is 255 Å². The third-order valence-electron chi connectivity index (χ3n) is 7.03. The van der Waals surface area contributed by atoms with Crippen LogP contribution in [0, 0.1) is 0 Å². The van der Waals surface area contributed by atoms with Crippen molar-refractivity contribution in [3.8, 4) is 0 Å². The molecular weight excluding hydrogens is 577 g/mol. The Kier molecular flexibility index (Phi) is 19.0. The summed E-state index contributed by atoms with van der Waals surface area (Å²) in [7, 11) is -2.36. The van der Waals surface area contributed by atoms with Crippen LogP contribution in [-0.2, 0) is 29.9 Å². The molecule has 11 nitrogen and oxygen atoms in total. The first-order valence-corrected chi connectivity index (χ1v) is 18.4. The Morgan fingerprint density at radius 3 is 2.19 bits per heavy atom. The zero-order valence-electron chi connectivity index (χ0n) is 25.6. The van der Waals surface area contributed by atoms with Crippen molar-refractivity contribution < 1.29 is 28.3 Å². The molecule has 3 N–H and O–H groups in total. The zero-order valence-corrected chi connectivity index (χ0v) is 27.3. The molecule has 240 valence electrons. The number of hydrogen-bond donors (Lipinski definition) is 2. The maximum absolute atomic E-state index is 12.3. The third kappa shape index (κ3) is 16.2. The Morgan fingerprint density at radius 2 is 1.55 bits per heavy atom. The highest BCUT2D eigenvalue weighted by atomic mass is 32.2. The smallest absolute Gasteiger partial charge is 0.353 e. The molecule has 0 saturated carbocycles. The second-order valence-electron chi connectivity index (χ2n) is 10.8. The van der Waals surface area contributed by atoms with Crippen molar-refractivity contribution in [3.63, 3.8) is 0 Å². The number of methoxy groups -OCH3 is 1. The molecule has 0 aliphatic rings. The van der Waals surface area contributed by atoms with E-state index in [-0.39, 0.29) is 25.0 Å². The highest BCUT2D eigenvalue weighted by Crippen LogP contribution is 2.42. The van der Waals surface area contributed by atoms with Gasteiger partial charge in [0.05, 0.1) is 32.7 Å². The predicted molar refractivity (Wildman–Crippen MR) is 170 cm³/mol. The standard InChI is InChI=1S/C29H52N5O6PS/c1-25(21-34-23-33-27-28(30)31-22-32-29(27)34)39-24-41(36,37)40-18-16-20-42-19-15-13-11-9-7-5-3-4-6-8-10-12-14-17-26(35)38-2/h22-23,25H,3-21,24H2,1-2H3,(H,36,37)(H2,30,31,32). The molecule has 0 bridgehead atoms. The van der Waals surface area contributed by atoms with Gasteiger partial charge in [0.2, 0.25) is 0 Å². The van der Waals surface area contributed by atoms with E-state index < -0.39 is 7.60 Å². The molecule has 13 heteroatoms. The number of anilines is 1. The number of carbonyl (C=O) groups is 1. The normalized spacial score (nSPS) is 13.8. The SMILES string of the molecule is COC(=O)CCCCCCCCCCCCCCCSCCCOP(=O)(O)COC(C)Cn1cnc2c(N)ncnc21. The lowest BCUT2D eigenvalue weighted by atomic mass is 10.0. The van der Waals surface area contributed by atoms with Crippen molar-refractivity contribution in [3.05, 3.63) is 12.7 Å². The van der Waals surface area contributed by atoms with E-state index in [2.05, 4.69) is 19.7 Å². The topological polar surface area (TPSA) is 152 Å². The van der Waals surface area contributed by atoms with Gasteiger partial charge in [-0.1, -0.05) is 70.6 Å². The minimum absolute atomic E-state index is 0.0953. The molecule has 2 rings (SSSR count). The average molecular weight is 630 g/mol. The summed E-state index contributed by atoms with van der Waals surface area (Å²) in [4.78, 5) is 33.5. The van der Waals surface area contributed by atoms with Crippen molar-refractivity contribution in [2.24, 2.45) is 0 Å². The fourth-order valence-corrected chi connectivity index (χ4v) is 6.48. The van der Waals surface area contributed by atoms with Gasteiger partial charge in [0.15, 0.2) is 11.5 Å². The van der Waals surface area contributed by atoms with Crippen molar-refractivity contribution >= 4 is 42.3 Å². The monoisotopic (exact) mass is 629 g/mol. The first-order chi connectivity index (χ1) is 20.3. The van der Waals surface area contributed by atoms with Gasteiger partial charge in [0, 0.05) is 6.42 Å². The fourth-order valence-electron chi connectivity index (χ4n) is 4.61. The first kappa shape index (κ1) is 36.5. The molecule has 0 saturated heterocycles. The van der Waals surface area contributed by atoms with Crippen LogP contribution in [0.4, 0.5) is 5.82 Å². The van der Waals surface area contributed by atoms with Crippen LogP contribution in [0.25, 0.3) is 11.2 Å². The van der Waals surface area contributed by atoms with Gasteiger partial charge in [-0.15, -0.1) is 0 Å². The molecule has 0 spiro atoms. The number of hydrogen-bond acceptors (Lipinski definition) is 10. The average Bonchev–Trinajstić information content (AvgIpc) is 3.38. The largest absolute Gasteiger partial charge is 0.469 e. The molecule has 2 atom stereocenters. The molecule has 2 aromatic rings. The summed E-state index contributed by atoms with van der Waals surface area (Å²) >= 11 is 1.88. The maximum atomic E-state index is 12.3. The van der Waals surface area contributed by atoms with Gasteiger partial charge in [-0.2, -0.15) is 11.8 Å². The van der Waals surface area contributed by atoms with Gasteiger partial charge in [-0.25, -0.2) is 15.0 Å². The fraction of sp³-hybridized carbons (Fsp3) is 0.793. The molecular formula is C29H52N5O6PS. The summed E-state index contributed by atoms with van der Waals surface area (Å²) in [6.07, 6.45) is 19.9. The number of imidazole rings is 1. The highest BCUT2D eigenvalue weighted by molar-refractivity contribution is 7.99. The lowest BCUT2D eigenvalue weighted by Crippen LogP contribution is -2.17. The number of thioether (sulfide) groups is 1. The van der Waals surface area contributed by atoms with Gasteiger partial charge < -0.3 is 29.2 Å². The van der Waals surface area contributed by atoms with Crippen molar-refractivity contribution in [2.75, 3.05) is 37.3 Å². The van der Waals surface area contributed by atoms with Crippen LogP contribution in [-0.4, -0.2) is 68.1 Å². The highest BCUT2D eigenvalue weighted by Gasteiger charge is 2.21. The maximum Gasteiger partial charge on any atom is 0.353 e. The summed E-state index contributed by atoms with van der Waals surface area (Å²) in [5, 5.41) is 0. The Balaban J connectivity index is 1.34. The zero-order chi connectivity index (χ0) is 30.5. The summed E-state index contributed by atoms with van der Waals surface area (Å²) in [6, 6.07) is 0. The number of fused-ring (bicyclic) bond motifs is 1. The van der Waals surface area contributed by atoms with Crippen molar-refractivity contribution in [1.29, 1.82) is 0 Å². The van der Waals surface area contributed by atoms with Crippen LogP contribution in [0.1, 0.15) is 103 Å². The van der Waals surface area contributed by atoms with E-state index >= 15 is 0 Å². The predicted octanol–water partition coefficient (Wildman–Crippen LogP) is 6.73. The van der Waals surface area contributed by atoms with Crippen LogP contribution in [0.2, 0.25) is 0 Å². The Bertz CT molecular complexity index is 1060. The third-order valence-corrected chi connectivity index (χ3v) is 9.24. The van der Waals surface area contributed by atoms with Crippen LogP contribution >= 0.6 is 19.4 Å². The second kappa shape index (κ2) is 21.9. The van der Waals surface area contributed by atoms with Gasteiger partial charge in [-0.3, -0.25) is 9.36 Å². The molecule has 42 heavy (non-hydrogen) atoms. The number of nitrogens with zero attached hydrogens (tertiary/aromatic N) is 4. The van der Waals surface area contributed by atoms with Crippen LogP contribution in [0.15, 0.2) is 12.7 Å². The van der Waals surface area contributed by atoms with Crippen LogP contribution in [0.3, 0.4) is 0 Å². The summed E-state index contributed by atoms with van der Waals surface area (Å²) in [6.45, 7) is 2.47. The summed E-state index contributed by atoms with van der Waals surface area (Å²) in [5.41, 5.74) is 6.93. The summed E-state index contributed by atoms with van der Waals surface area (Å²) in [5.74, 6) is 2.25. The molecule has 2 heterocycles. The summed E-state index contributed by atoms with van der Waals surface area (Å²) < 4.78 is 29.6. The van der Waals surface area contributed by atoms with E-state index in [1.165, 1.54) is 84.1 Å². The molecule has 2 unspecified atom stereocenters. The van der Waals surface area contributed by atoms with E-state index in [1.807, 2.05) is 18.7 Å². The molecule has 0 amide bonds. The molecule has 0 aliphatic heterocycles. The number of ether oxygens (including phenoxy) is 2. The Hall–Kier alpha value is -1.72. The van der Waals surface area contributed by atoms with Gasteiger partial charge in [0.1, 0.15) is 18.2 Å². The molecule has 2 aromatic heterocycles. The quantitative estimate of drug-likeness (QED) is 0.0647. The number of esters is 1. The van der Waals surface area contributed by atoms with Gasteiger partial charge >= 0.3 is 13.6 Å². The van der Waals surface area contributed by atoms with E-state index in [0.717, 1.165) is 30.8 Å². The van der Waals surface area contributed by atoms with E-state index in [0.29, 0.717) is 29.9 Å². The molecule has 0 fully saturated rings. The molecule has 0 aromatic carbocycles. The van der Waals surface area contributed by atoms with Gasteiger partial charge in [-0.05, 0) is 37.7 Å². The van der Waals surface area contributed by atoms with E-state index in [1.54, 1.807) is 10.9 Å². The minimum atomic E-state index is -3.81. The second-order valence-corrected chi connectivity index (χ2v) is 13.8. The van der Waals surface area contributed by atoms with Crippen molar-refractivity contribution in [1.82, 2.24) is 19.5 Å². The first-order valence-electron chi connectivity index (χ1n) is 15.5. The number of aromatic nitrogens is 4. The molecule has 0 aliphatic carbocycles. The lowest BCUT2D eigenvalue weighted by molar-refractivity contribution is -0.140. The van der Waals surface area contributed by atoms with E-state index in [9.17, 15) is 14.3 Å². The number of nitrogen functional groups attached to an aromatic ring is 1. The number of nitrogens with two attached hydrogens (primary N) is 1. The van der Waals surface area contributed by atoms with E-state index in [4.69, 9.17) is 15.0 Å². The number of unbranched alkanes of at least 4 members (excludes halogenated alkanes) is 12. The molecule has 0 radical (unpaired) electrons. The number of rotatable bonds is 26. The van der Waals surface area contributed by atoms with Gasteiger partial charge in [0.25, 0.3) is 0 Å². The van der Waals surface area contributed by atoms with Crippen LogP contribution < -0.4 is 5.73 Å². The van der Waals surface area contributed by atoms with Crippen molar-refractivity contribution in [2.45, 2.75) is 116 Å². The minimum Gasteiger partial charge on any atom is -0.469 e. The lowest BCUT2D eigenvalue weighted by Gasteiger charge is -2.17.